The Balaban J connectivity index is 0.000000257. The van der Waals surface area contributed by atoms with Crippen molar-refractivity contribution in [3.63, 3.8) is 0 Å². The number of rotatable bonds is 4. The van der Waals surface area contributed by atoms with Crippen molar-refractivity contribution in [2.45, 2.75) is 12.8 Å². The van der Waals surface area contributed by atoms with Gasteiger partial charge in [-0.3, -0.25) is 4.79 Å². The Morgan fingerprint density at radius 3 is 2.43 bits per heavy atom. The molecule has 0 radical (unpaired) electrons. The minimum absolute atomic E-state index is 0.0230. The van der Waals surface area contributed by atoms with Crippen LogP contribution in [0.5, 0.6) is 0 Å². The van der Waals surface area contributed by atoms with Crippen molar-refractivity contribution in [3.8, 4) is 18.9 Å². The topological polar surface area (TPSA) is 139 Å². The maximum absolute atomic E-state index is 10.9. The van der Waals surface area contributed by atoms with Gasteiger partial charge in [-0.25, -0.2) is 14.7 Å². The zero-order chi connectivity index (χ0) is 21.1. The number of hydrogen-bond acceptors (Lipinski definition) is 7. The molecule has 1 fully saturated rings. The number of primary amides is 1. The summed E-state index contributed by atoms with van der Waals surface area (Å²) < 4.78 is 1.24. The number of pyridine rings is 1. The number of nitriles is 1. The van der Waals surface area contributed by atoms with E-state index in [-0.39, 0.29) is 17.2 Å². The molecular weight excluding hydrogens is 356 g/mol. The number of anilines is 2. The first kappa shape index (κ1) is 21.9. The highest BCUT2D eigenvalue weighted by atomic mass is 16.1. The van der Waals surface area contributed by atoms with Crippen LogP contribution in [0.1, 0.15) is 28.8 Å². The molecule has 144 valence electrons. The molecule has 0 spiro atoms. The van der Waals surface area contributed by atoms with Gasteiger partial charge in [0.25, 0.3) is 5.91 Å². The van der Waals surface area contributed by atoms with Gasteiger partial charge in [0.15, 0.2) is 11.6 Å². The fourth-order valence-corrected chi connectivity index (χ4v) is 2.54. The molecule has 9 heteroatoms. The SMILES string of the molecule is C#C.C=Cn1nc(N)c(C(N)=O)c1N=C.N#Cc1ccc(N2CCCC2)nc1. The fourth-order valence-electron chi connectivity index (χ4n) is 2.54. The van der Waals surface area contributed by atoms with E-state index >= 15 is 0 Å². The van der Waals surface area contributed by atoms with Crippen LogP contribution in [0.25, 0.3) is 6.20 Å². The highest BCUT2D eigenvalue weighted by Crippen LogP contribution is 2.23. The minimum atomic E-state index is -0.687. The summed E-state index contributed by atoms with van der Waals surface area (Å²) in [6.07, 6.45) is 13.5. The first-order valence-corrected chi connectivity index (χ1v) is 8.23. The fraction of sp³-hybridized carbons (Fsp3) is 0.211. The van der Waals surface area contributed by atoms with Gasteiger partial charge in [-0.1, -0.05) is 6.58 Å². The molecule has 1 saturated heterocycles. The summed E-state index contributed by atoms with van der Waals surface area (Å²) in [4.78, 5) is 21.0. The molecule has 0 bridgehead atoms. The third-order valence-electron chi connectivity index (χ3n) is 3.79. The number of aromatic nitrogens is 3. The average molecular weight is 378 g/mol. The summed E-state index contributed by atoms with van der Waals surface area (Å²) in [7, 11) is 0. The van der Waals surface area contributed by atoms with Gasteiger partial charge < -0.3 is 16.4 Å². The van der Waals surface area contributed by atoms with Gasteiger partial charge in [0, 0.05) is 25.5 Å². The van der Waals surface area contributed by atoms with Crippen LogP contribution in [0.2, 0.25) is 0 Å². The Bertz CT molecular complexity index is 883. The van der Waals surface area contributed by atoms with Crippen molar-refractivity contribution in [3.05, 3.63) is 36.0 Å². The summed E-state index contributed by atoms with van der Waals surface area (Å²) in [5.74, 6) is 0.541. The molecule has 28 heavy (non-hydrogen) atoms. The molecule has 3 rings (SSSR count). The molecule has 0 unspecified atom stereocenters. The van der Waals surface area contributed by atoms with Crippen LogP contribution in [-0.2, 0) is 0 Å². The lowest BCUT2D eigenvalue weighted by molar-refractivity contribution is 0.100. The minimum Gasteiger partial charge on any atom is -0.381 e. The molecule has 0 atom stereocenters. The van der Waals surface area contributed by atoms with Gasteiger partial charge in [0.2, 0.25) is 0 Å². The van der Waals surface area contributed by atoms with Crippen molar-refractivity contribution in [1.29, 1.82) is 5.26 Å². The number of carbonyl (C=O) groups is 1. The van der Waals surface area contributed by atoms with Crippen molar-refractivity contribution in [2.24, 2.45) is 10.7 Å². The first-order chi connectivity index (χ1) is 13.5. The van der Waals surface area contributed by atoms with Crippen LogP contribution in [0, 0.1) is 24.2 Å². The quantitative estimate of drug-likeness (QED) is 0.614. The number of nitrogen functional groups attached to an aromatic ring is 1. The van der Waals surface area contributed by atoms with Crippen molar-refractivity contribution >= 4 is 36.3 Å². The summed E-state index contributed by atoms with van der Waals surface area (Å²) >= 11 is 0. The zero-order valence-corrected chi connectivity index (χ0v) is 15.5. The van der Waals surface area contributed by atoms with Crippen molar-refractivity contribution in [2.75, 3.05) is 23.7 Å². The maximum atomic E-state index is 10.9. The van der Waals surface area contributed by atoms with E-state index in [1.54, 1.807) is 6.20 Å². The Hall–Kier alpha value is -4.11. The molecule has 9 nitrogen and oxygen atoms in total. The monoisotopic (exact) mass is 378 g/mol. The molecule has 1 amide bonds. The summed E-state index contributed by atoms with van der Waals surface area (Å²) in [5.41, 5.74) is 11.2. The lowest BCUT2D eigenvalue weighted by atomic mass is 10.3. The number of amides is 1. The van der Waals surface area contributed by atoms with E-state index in [0.29, 0.717) is 5.56 Å². The number of carbonyl (C=O) groups excluding carboxylic acids is 1. The predicted octanol–water partition coefficient (Wildman–Crippen LogP) is 1.80. The van der Waals surface area contributed by atoms with Gasteiger partial charge >= 0.3 is 0 Å². The Labute approximate surface area is 164 Å². The van der Waals surface area contributed by atoms with Crippen molar-refractivity contribution < 1.29 is 4.79 Å². The molecule has 0 aliphatic carbocycles. The Morgan fingerprint density at radius 1 is 1.36 bits per heavy atom. The van der Waals surface area contributed by atoms with Crippen LogP contribution in [0.15, 0.2) is 29.9 Å². The molecule has 4 N–H and O–H groups in total. The van der Waals surface area contributed by atoms with Crippen LogP contribution in [0.3, 0.4) is 0 Å². The van der Waals surface area contributed by atoms with Crippen LogP contribution in [-0.4, -0.2) is 40.5 Å². The molecule has 0 saturated carbocycles. The second kappa shape index (κ2) is 10.8. The van der Waals surface area contributed by atoms with E-state index in [9.17, 15) is 4.79 Å². The van der Waals surface area contributed by atoms with Crippen molar-refractivity contribution in [1.82, 2.24) is 14.8 Å². The van der Waals surface area contributed by atoms with Gasteiger partial charge in [-0.2, -0.15) is 5.26 Å². The highest BCUT2D eigenvalue weighted by molar-refractivity contribution is 6.02. The normalized spacial score (nSPS) is 11.8. The lowest BCUT2D eigenvalue weighted by Crippen LogP contribution is -2.18. The number of aliphatic imine (C=N–C) groups is 1. The Morgan fingerprint density at radius 2 is 2.00 bits per heavy atom. The van der Waals surface area contributed by atoms with Crippen LogP contribution >= 0.6 is 0 Å². The van der Waals surface area contributed by atoms with E-state index in [1.165, 1.54) is 23.7 Å². The van der Waals surface area contributed by atoms with Gasteiger partial charge in [0.1, 0.15) is 17.5 Å². The molecule has 2 aromatic rings. The van der Waals surface area contributed by atoms with Crippen LogP contribution in [0.4, 0.5) is 17.5 Å². The lowest BCUT2D eigenvalue weighted by Gasteiger charge is -2.15. The number of hydrogen-bond donors (Lipinski definition) is 2. The van der Waals surface area contributed by atoms with E-state index in [2.05, 4.69) is 52.2 Å². The largest absolute Gasteiger partial charge is 0.381 e. The molecule has 3 heterocycles. The van der Waals surface area contributed by atoms with Gasteiger partial charge in [0.05, 0.1) is 5.56 Å². The predicted molar refractivity (Wildman–Crippen MR) is 111 cm³/mol. The number of terminal acetylenes is 1. The first-order valence-electron chi connectivity index (χ1n) is 8.23. The standard InChI is InChI=1S/C10H11N3.C7H9N5O.C2H2/c11-7-9-3-4-10(12-8-9)13-5-1-2-6-13;1-3-12-7(10-2)4(6(9)13)5(8)11-12;1-2/h3-4,8H,1-2,5-6H2;3H,1-2H2,(H2,8,11)(H2,9,13);1-2H. The van der Waals surface area contributed by atoms with E-state index in [1.807, 2.05) is 12.1 Å². The van der Waals surface area contributed by atoms with Gasteiger partial charge in [-0.05, 0) is 31.7 Å². The number of nitrogens with two attached hydrogens (primary N) is 2. The second-order valence-electron chi connectivity index (χ2n) is 5.44. The van der Waals surface area contributed by atoms with Crippen LogP contribution < -0.4 is 16.4 Å². The third-order valence-corrected chi connectivity index (χ3v) is 3.79. The summed E-state index contributed by atoms with van der Waals surface area (Å²) in [5, 5.41) is 12.4. The summed E-state index contributed by atoms with van der Waals surface area (Å²) in [6.45, 7) is 8.92. The highest BCUT2D eigenvalue weighted by Gasteiger charge is 2.18. The second-order valence-corrected chi connectivity index (χ2v) is 5.44. The Kier molecular flexibility index (Phi) is 8.45. The maximum Gasteiger partial charge on any atom is 0.256 e. The third kappa shape index (κ3) is 5.19. The molecule has 1 aliphatic rings. The van der Waals surface area contributed by atoms with Gasteiger partial charge in [-0.15, -0.1) is 17.9 Å². The van der Waals surface area contributed by atoms with E-state index < -0.39 is 5.91 Å². The average Bonchev–Trinajstić information content (AvgIpc) is 3.37. The van der Waals surface area contributed by atoms with E-state index in [4.69, 9.17) is 16.7 Å². The zero-order valence-electron chi connectivity index (χ0n) is 15.5. The number of nitrogens with zero attached hydrogens (tertiary/aromatic N) is 6. The molecule has 1 aliphatic heterocycles. The van der Waals surface area contributed by atoms with E-state index in [0.717, 1.165) is 18.9 Å². The molecule has 0 aromatic carbocycles. The summed E-state index contributed by atoms with van der Waals surface area (Å²) in [6, 6.07) is 5.80. The molecule has 2 aromatic heterocycles. The molecular formula is C19H22N8O. The smallest absolute Gasteiger partial charge is 0.256 e.